The van der Waals surface area contributed by atoms with E-state index in [0.29, 0.717) is 21.9 Å². The summed E-state index contributed by atoms with van der Waals surface area (Å²) in [5.41, 5.74) is 1.80. The molecular weight excluding hydrogens is 194 g/mol. The van der Waals surface area contributed by atoms with Crippen molar-refractivity contribution < 1.29 is 0 Å². The van der Waals surface area contributed by atoms with E-state index in [9.17, 15) is 0 Å². The standard InChI is InChI=1S/C15H29N/c1-12(2,3)15-9-8-14(7,10-15)16(11-15)13(4,5)6/h8-11H2,1-7H3. The summed E-state index contributed by atoms with van der Waals surface area (Å²) in [5.74, 6) is 0. The van der Waals surface area contributed by atoms with Crippen LogP contribution in [0.2, 0.25) is 0 Å². The van der Waals surface area contributed by atoms with Crippen molar-refractivity contribution in [3.63, 3.8) is 0 Å². The Morgan fingerprint density at radius 3 is 1.81 bits per heavy atom. The minimum atomic E-state index is 0.322. The highest BCUT2D eigenvalue weighted by atomic mass is 15.3. The third-order valence-electron chi connectivity index (χ3n) is 5.37. The molecule has 1 heteroatoms. The van der Waals surface area contributed by atoms with Crippen LogP contribution in [-0.2, 0) is 0 Å². The van der Waals surface area contributed by atoms with Crippen molar-refractivity contribution in [2.24, 2.45) is 10.8 Å². The summed E-state index contributed by atoms with van der Waals surface area (Å²) in [6.07, 6.45) is 4.22. The van der Waals surface area contributed by atoms with Crippen LogP contribution in [0, 0.1) is 10.8 Å². The Morgan fingerprint density at radius 1 is 0.938 bits per heavy atom. The topological polar surface area (TPSA) is 3.24 Å². The molecule has 2 aliphatic rings. The molecule has 2 fully saturated rings. The first-order valence-corrected chi connectivity index (χ1v) is 6.78. The summed E-state index contributed by atoms with van der Waals surface area (Å²) in [6, 6.07) is 0. The second-order valence-electron chi connectivity index (χ2n) is 8.46. The van der Waals surface area contributed by atoms with Gasteiger partial charge in [-0.25, -0.2) is 0 Å². The van der Waals surface area contributed by atoms with E-state index in [2.05, 4.69) is 53.4 Å². The van der Waals surface area contributed by atoms with E-state index in [-0.39, 0.29) is 0 Å². The lowest BCUT2D eigenvalue weighted by atomic mass is 9.66. The molecule has 2 rings (SSSR count). The molecule has 2 unspecified atom stereocenters. The molecule has 16 heavy (non-hydrogen) atoms. The van der Waals surface area contributed by atoms with Crippen LogP contribution in [0.4, 0.5) is 0 Å². The Hall–Kier alpha value is -0.0400. The first-order chi connectivity index (χ1) is 7.00. The molecule has 2 atom stereocenters. The van der Waals surface area contributed by atoms with Crippen molar-refractivity contribution in [2.75, 3.05) is 6.54 Å². The summed E-state index contributed by atoms with van der Waals surface area (Å²) in [4.78, 5) is 2.77. The lowest BCUT2D eigenvalue weighted by Gasteiger charge is -2.48. The zero-order chi connectivity index (χ0) is 12.4. The molecule has 1 aliphatic carbocycles. The molecule has 0 aromatic heterocycles. The van der Waals surface area contributed by atoms with Crippen molar-refractivity contribution >= 4 is 0 Å². The van der Waals surface area contributed by atoms with E-state index >= 15 is 0 Å². The molecule has 94 valence electrons. The van der Waals surface area contributed by atoms with E-state index in [1.54, 1.807) is 0 Å². The Bertz CT molecular complexity index is 294. The Balaban J connectivity index is 2.34. The minimum Gasteiger partial charge on any atom is -0.292 e. The van der Waals surface area contributed by atoms with Gasteiger partial charge in [-0.15, -0.1) is 0 Å². The van der Waals surface area contributed by atoms with Gasteiger partial charge in [-0.2, -0.15) is 0 Å². The number of rotatable bonds is 0. The largest absolute Gasteiger partial charge is 0.292 e. The Morgan fingerprint density at radius 2 is 1.50 bits per heavy atom. The smallest absolute Gasteiger partial charge is 0.0193 e. The second-order valence-corrected chi connectivity index (χ2v) is 8.46. The SMILES string of the molecule is CC(C)(C)N1CC2(C(C)(C)C)CCC1(C)C2. The van der Waals surface area contributed by atoms with Gasteiger partial charge in [-0.05, 0) is 57.8 Å². The monoisotopic (exact) mass is 223 g/mol. The summed E-state index contributed by atoms with van der Waals surface area (Å²) in [6.45, 7) is 18.2. The van der Waals surface area contributed by atoms with Gasteiger partial charge in [0.15, 0.2) is 0 Å². The molecule has 1 aliphatic heterocycles. The molecular formula is C15H29N. The van der Waals surface area contributed by atoms with E-state index in [4.69, 9.17) is 0 Å². The van der Waals surface area contributed by atoms with Gasteiger partial charge in [0.05, 0.1) is 0 Å². The van der Waals surface area contributed by atoms with E-state index in [1.807, 2.05) is 0 Å². The lowest BCUT2D eigenvalue weighted by Crippen LogP contribution is -2.54. The average molecular weight is 223 g/mol. The van der Waals surface area contributed by atoms with E-state index in [1.165, 1.54) is 25.8 Å². The Kier molecular flexibility index (Phi) is 2.36. The predicted octanol–water partition coefficient (Wildman–Crippen LogP) is 4.08. The zero-order valence-electron chi connectivity index (χ0n) is 12.3. The average Bonchev–Trinajstić information content (AvgIpc) is 2.52. The number of fused-ring (bicyclic) bond motifs is 2. The molecule has 1 saturated carbocycles. The minimum absolute atomic E-state index is 0.322. The first kappa shape index (κ1) is 12.4. The number of hydrogen-bond acceptors (Lipinski definition) is 1. The normalized spacial score (nSPS) is 40.7. The maximum Gasteiger partial charge on any atom is 0.0193 e. The summed E-state index contributed by atoms with van der Waals surface area (Å²) in [7, 11) is 0. The van der Waals surface area contributed by atoms with Crippen molar-refractivity contribution in [3.8, 4) is 0 Å². The molecule has 1 saturated heterocycles. The van der Waals surface area contributed by atoms with Gasteiger partial charge in [0, 0.05) is 17.6 Å². The summed E-state index contributed by atoms with van der Waals surface area (Å²) in [5, 5.41) is 0. The highest BCUT2D eigenvalue weighted by Gasteiger charge is 2.62. The van der Waals surface area contributed by atoms with Gasteiger partial charge >= 0.3 is 0 Å². The van der Waals surface area contributed by atoms with Gasteiger partial charge in [0.25, 0.3) is 0 Å². The van der Waals surface area contributed by atoms with Crippen LogP contribution < -0.4 is 0 Å². The Labute approximate surface area is 102 Å². The van der Waals surface area contributed by atoms with Crippen molar-refractivity contribution in [3.05, 3.63) is 0 Å². The van der Waals surface area contributed by atoms with Crippen LogP contribution in [0.15, 0.2) is 0 Å². The number of nitrogens with zero attached hydrogens (tertiary/aromatic N) is 1. The molecule has 0 aromatic rings. The fourth-order valence-corrected chi connectivity index (χ4v) is 4.20. The quantitative estimate of drug-likeness (QED) is 0.598. The molecule has 0 aromatic carbocycles. The van der Waals surface area contributed by atoms with E-state index < -0.39 is 0 Å². The maximum atomic E-state index is 2.77. The molecule has 0 radical (unpaired) electrons. The van der Waals surface area contributed by atoms with Gasteiger partial charge in [0.2, 0.25) is 0 Å². The highest BCUT2D eigenvalue weighted by molar-refractivity contribution is 5.15. The van der Waals surface area contributed by atoms with Crippen molar-refractivity contribution in [1.29, 1.82) is 0 Å². The zero-order valence-corrected chi connectivity index (χ0v) is 12.3. The maximum absolute atomic E-state index is 2.77. The van der Waals surface area contributed by atoms with Crippen LogP contribution >= 0.6 is 0 Å². The predicted molar refractivity (Wildman–Crippen MR) is 70.6 cm³/mol. The second kappa shape index (κ2) is 3.04. The lowest BCUT2D eigenvalue weighted by molar-refractivity contribution is 0.00188. The van der Waals surface area contributed by atoms with Gasteiger partial charge in [0.1, 0.15) is 0 Å². The van der Waals surface area contributed by atoms with Crippen LogP contribution in [0.25, 0.3) is 0 Å². The molecule has 0 amide bonds. The summed E-state index contributed by atoms with van der Waals surface area (Å²) < 4.78 is 0. The van der Waals surface area contributed by atoms with Crippen molar-refractivity contribution in [1.82, 2.24) is 4.90 Å². The third-order valence-corrected chi connectivity index (χ3v) is 5.37. The van der Waals surface area contributed by atoms with Crippen LogP contribution in [-0.4, -0.2) is 22.5 Å². The molecule has 1 nitrogen and oxygen atoms in total. The van der Waals surface area contributed by atoms with Crippen LogP contribution in [0.1, 0.15) is 67.7 Å². The fourth-order valence-electron chi connectivity index (χ4n) is 4.20. The first-order valence-electron chi connectivity index (χ1n) is 6.78. The van der Waals surface area contributed by atoms with Gasteiger partial charge in [-0.3, -0.25) is 4.90 Å². The number of hydrogen-bond donors (Lipinski definition) is 0. The number of likely N-dealkylation sites (tertiary alicyclic amines) is 1. The van der Waals surface area contributed by atoms with Gasteiger partial charge < -0.3 is 0 Å². The molecule has 1 heterocycles. The molecule has 2 bridgehead atoms. The summed E-state index contributed by atoms with van der Waals surface area (Å²) >= 11 is 0. The fraction of sp³-hybridized carbons (Fsp3) is 1.00. The van der Waals surface area contributed by atoms with E-state index in [0.717, 1.165) is 0 Å². The number of piperidine rings is 1. The molecule has 0 spiro atoms. The third kappa shape index (κ3) is 1.54. The highest BCUT2D eigenvalue weighted by Crippen LogP contribution is 2.63. The van der Waals surface area contributed by atoms with Crippen LogP contribution in [0.5, 0.6) is 0 Å². The van der Waals surface area contributed by atoms with Crippen LogP contribution in [0.3, 0.4) is 0 Å². The van der Waals surface area contributed by atoms with Crippen molar-refractivity contribution in [2.45, 2.75) is 78.8 Å². The molecule has 0 N–H and O–H groups in total. The van der Waals surface area contributed by atoms with Gasteiger partial charge in [-0.1, -0.05) is 20.8 Å².